The second-order valence-electron chi connectivity index (χ2n) is 4.92. The van der Waals surface area contributed by atoms with Crippen molar-refractivity contribution in [1.29, 1.82) is 0 Å². The van der Waals surface area contributed by atoms with Crippen molar-refractivity contribution in [2.24, 2.45) is 5.41 Å². The van der Waals surface area contributed by atoms with E-state index >= 15 is 0 Å². The van der Waals surface area contributed by atoms with Crippen LogP contribution < -0.4 is 0 Å². The van der Waals surface area contributed by atoms with Crippen molar-refractivity contribution in [2.75, 3.05) is 13.2 Å². The molecule has 0 saturated carbocycles. The fourth-order valence-corrected chi connectivity index (χ4v) is 2.30. The molecule has 0 amide bonds. The van der Waals surface area contributed by atoms with E-state index in [0.717, 1.165) is 38.8 Å². The highest BCUT2D eigenvalue weighted by Crippen LogP contribution is 2.37. The lowest BCUT2D eigenvalue weighted by molar-refractivity contribution is -0.0806. The fraction of sp³-hybridized carbons (Fsp3) is 0.833. The minimum absolute atomic E-state index is 0.00904. The number of hydrogen-bond donors (Lipinski definition) is 0. The Bertz CT molecular complexity index is 260. The van der Waals surface area contributed by atoms with Crippen LogP contribution in [0, 0.1) is 5.41 Å². The summed E-state index contributed by atoms with van der Waals surface area (Å²) in [6, 6.07) is 0. The summed E-state index contributed by atoms with van der Waals surface area (Å²) in [7, 11) is 0. The third-order valence-corrected chi connectivity index (χ3v) is 3.58. The molecule has 86 valence electrons. The zero-order valence-corrected chi connectivity index (χ0v) is 9.63. The molecular weight excluding hydrogens is 193 g/mol. The monoisotopic (exact) mass is 213 g/mol. The molecule has 0 radical (unpaired) electrons. The van der Waals surface area contributed by atoms with Crippen LogP contribution in [0.15, 0.2) is 12.0 Å². The van der Waals surface area contributed by atoms with Crippen molar-refractivity contribution >= 4 is 0 Å². The van der Waals surface area contributed by atoms with Gasteiger partial charge in [0.05, 0.1) is 0 Å². The van der Waals surface area contributed by atoms with Gasteiger partial charge in [-0.05, 0) is 31.8 Å². The first-order chi connectivity index (χ1) is 7.14. The highest BCUT2D eigenvalue weighted by atomic mass is 19.1. The maximum absolute atomic E-state index is 13.8. The van der Waals surface area contributed by atoms with E-state index in [-0.39, 0.29) is 17.6 Å². The summed E-state index contributed by atoms with van der Waals surface area (Å²) in [5, 5.41) is 0. The Hall–Kier alpha value is -0.570. The Labute approximate surface area is 91.1 Å². The van der Waals surface area contributed by atoms with Crippen LogP contribution in [0.4, 0.5) is 4.39 Å². The van der Waals surface area contributed by atoms with Crippen molar-refractivity contribution in [2.45, 2.75) is 45.8 Å². The van der Waals surface area contributed by atoms with Gasteiger partial charge in [0.15, 0.2) is 5.95 Å². The molecule has 0 spiro atoms. The molecule has 3 heteroatoms. The minimum Gasteiger partial charge on any atom is -0.358 e. The molecule has 0 aromatic carbocycles. The zero-order chi connectivity index (χ0) is 10.9. The largest absolute Gasteiger partial charge is 0.358 e. The molecule has 2 rings (SSSR count). The van der Waals surface area contributed by atoms with Crippen LogP contribution in [0.5, 0.6) is 0 Å². The Balaban J connectivity index is 2.03. The van der Waals surface area contributed by atoms with Crippen molar-refractivity contribution in [1.82, 2.24) is 4.90 Å². The second-order valence-corrected chi connectivity index (χ2v) is 4.92. The standard InChI is InChI=1S/C12H20FNO/c1-3-12(2)8-10(13)14(9-12)11-6-4-5-7-15-11/h8,11H,3-7,9H2,1-2H3. The van der Waals surface area contributed by atoms with Gasteiger partial charge in [-0.3, -0.25) is 0 Å². The van der Waals surface area contributed by atoms with Gasteiger partial charge in [0, 0.05) is 18.6 Å². The van der Waals surface area contributed by atoms with E-state index in [4.69, 9.17) is 4.74 Å². The topological polar surface area (TPSA) is 12.5 Å². The number of halogens is 1. The van der Waals surface area contributed by atoms with Gasteiger partial charge in [-0.15, -0.1) is 0 Å². The van der Waals surface area contributed by atoms with E-state index < -0.39 is 0 Å². The molecule has 0 bridgehead atoms. The van der Waals surface area contributed by atoms with Crippen LogP contribution in [0.3, 0.4) is 0 Å². The molecule has 2 atom stereocenters. The summed E-state index contributed by atoms with van der Waals surface area (Å²) in [6.45, 7) is 5.75. The molecule has 2 aliphatic heterocycles. The molecule has 2 aliphatic rings. The molecule has 0 aromatic rings. The third kappa shape index (κ3) is 2.17. The number of ether oxygens (including phenoxy) is 1. The molecular formula is C12H20FNO. The lowest BCUT2D eigenvalue weighted by atomic mass is 9.89. The molecule has 2 unspecified atom stereocenters. The Morgan fingerprint density at radius 3 is 2.93 bits per heavy atom. The van der Waals surface area contributed by atoms with Crippen LogP contribution in [0.2, 0.25) is 0 Å². The van der Waals surface area contributed by atoms with E-state index in [2.05, 4.69) is 13.8 Å². The molecule has 0 aromatic heterocycles. The first-order valence-electron chi connectivity index (χ1n) is 5.91. The number of rotatable bonds is 2. The Morgan fingerprint density at radius 1 is 1.60 bits per heavy atom. The van der Waals surface area contributed by atoms with Gasteiger partial charge in [0.25, 0.3) is 0 Å². The van der Waals surface area contributed by atoms with Gasteiger partial charge < -0.3 is 9.64 Å². The van der Waals surface area contributed by atoms with E-state index in [1.165, 1.54) is 0 Å². The summed E-state index contributed by atoms with van der Waals surface area (Å²) in [6.07, 6.45) is 5.93. The molecule has 0 aliphatic carbocycles. The highest BCUT2D eigenvalue weighted by Gasteiger charge is 2.36. The molecule has 2 nitrogen and oxygen atoms in total. The highest BCUT2D eigenvalue weighted by molar-refractivity contribution is 5.11. The van der Waals surface area contributed by atoms with Gasteiger partial charge in [0.1, 0.15) is 6.23 Å². The van der Waals surface area contributed by atoms with Crippen LogP contribution in [-0.4, -0.2) is 24.3 Å². The lowest BCUT2D eigenvalue weighted by Gasteiger charge is -2.34. The van der Waals surface area contributed by atoms with Crippen molar-refractivity contribution in [3.63, 3.8) is 0 Å². The molecule has 1 saturated heterocycles. The smallest absolute Gasteiger partial charge is 0.188 e. The maximum Gasteiger partial charge on any atom is 0.188 e. The van der Waals surface area contributed by atoms with E-state index in [1.54, 1.807) is 11.0 Å². The van der Waals surface area contributed by atoms with Gasteiger partial charge in [-0.25, -0.2) is 0 Å². The van der Waals surface area contributed by atoms with E-state index in [9.17, 15) is 4.39 Å². The molecule has 2 heterocycles. The normalized spacial score (nSPS) is 36.9. The first kappa shape index (κ1) is 10.9. The minimum atomic E-state index is -0.0914. The summed E-state index contributed by atoms with van der Waals surface area (Å²) >= 11 is 0. The SMILES string of the molecule is CCC1(C)C=C(F)N(C2CCCCO2)C1. The predicted molar refractivity (Wildman–Crippen MR) is 57.9 cm³/mol. The number of hydrogen-bond acceptors (Lipinski definition) is 2. The summed E-state index contributed by atoms with van der Waals surface area (Å²) < 4.78 is 19.4. The fourth-order valence-electron chi connectivity index (χ4n) is 2.30. The second kappa shape index (κ2) is 4.12. The Kier molecular flexibility index (Phi) is 3.01. The quantitative estimate of drug-likeness (QED) is 0.654. The average Bonchev–Trinajstić information content (AvgIpc) is 2.57. The summed E-state index contributed by atoms with van der Waals surface area (Å²) in [4.78, 5) is 1.79. The molecule has 1 fully saturated rings. The van der Waals surface area contributed by atoms with Gasteiger partial charge in [-0.2, -0.15) is 4.39 Å². The van der Waals surface area contributed by atoms with Crippen molar-refractivity contribution in [3.8, 4) is 0 Å². The lowest BCUT2D eigenvalue weighted by Crippen LogP contribution is -2.39. The maximum atomic E-state index is 13.8. The van der Waals surface area contributed by atoms with Crippen LogP contribution in [-0.2, 0) is 4.74 Å². The summed E-state index contributed by atoms with van der Waals surface area (Å²) in [5.41, 5.74) is -0.00904. The molecule has 0 N–H and O–H groups in total. The van der Waals surface area contributed by atoms with E-state index in [0.29, 0.717) is 0 Å². The molecule has 15 heavy (non-hydrogen) atoms. The van der Waals surface area contributed by atoms with Crippen molar-refractivity contribution < 1.29 is 9.13 Å². The average molecular weight is 213 g/mol. The predicted octanol–water partition coefficient (Wildman–Crippen LogP) is 3.06. The van der Waals surface area contributed by atoms with Gasteiger partial charge in [-0.1, -0.05) is 13.8 Å². The zero-order valence-electron chi connectivity index (χ0n) is 9.63. The van der Waals surface area contributed by atoms with E-state index in [1.807, 2.05) is 0 Å². The summed E-state index contributed by atoms with van der Waals surface area (Å²) in [5.74, 6) is -0.0914. The number of nitrogens with zero attached hydrogens (tertiary/aromatic N) is 1. The van der Waals surface area contributed by atoms with Gasteiger partial charge in [0.2, 0.25) is 0 Å². The Morgan fingerprint density at radius 2 is 2.40 bits per heavy atom. The third-order valence-electron chi connectivity index (χ3n) is 3.58. The first-order valence-corrected chi connectivity index (χ1v) is 5.91. The van der Waals surface area contributed by atoms with Crippen LogP contribution in [0.1, 0.15) is 39.5 Å². The van der Waals surface area contributed by atoms with Crippen LogP contribution in [0.25, 0.3) is 0 Å². The van der Waals surface area contributed by atoms with Crippen LogP contribution >= 0.6 is 0 Å². The van der Waals surface area contributed by atoms with Crippen molar-refractivity contribution in [3.05, 3.63) is 12.0 Å². The van der Waals surface area contributed by atoms with Gasteiger partial charge >= 0.3 is 0 Å².